The molecule has 1 fully saturated rings. The number of rotatable bonds is 3. The molecule has 1 aromatic rings. The van der Waals surface area contributed by atoms with Crippen LogP contribution in [-0.2, 0) is 4.43 Å². The van der Waals surface area contributed by atoms with Gasteiger partial charge in [0.1, 0.15) is 0 Å². The van der Waals surface area contributed by atoms with Crippen molar-refractivity contribution in [3.8, 4) is 0 Å². The van der Waals surface area contributed by atoms with Gasteiger partial charge >= 0.3 is 0 Å². The van der Waals surface area contributed by atoms with E-state index in [1.165, 1.54) is 11.1 Å². The Morgan fingerprint density at radius 3 is 2.36 bits per heavy atom. The molecule has 2 rings (SSSR count). The second kappa shape index (κ2) is 6.90. The van der Waals surface area contributed by atoms with Gasteiger partial charge in [-0.2, -0.15) is 0 Å². The highest BCUT2D eigenvalue weighted by molar-refractivity contribution is 6.74. The number of halogens is 1. The van der Waals surface area contributed by atoms with Gasteiger partial charge < -0.3 is 4.43 Å². The van der Waals surface area contributed by atoms with Crippen LogP contribution in [0.1, 0.15) is 52.0 Å². The Morgan fingerprint density at radius 1 is 1.18 bits per heavy atom. The van der Waals surface area contributed by atoms with E-state index in [4.69, 9.17) is 16.0 Å². The summed E-state index contributed by atoms with van der Waals surface area (Å²) in [5.41, 5.74) is 2.74. The minimum absolute atomic E-state index is 0.296. The van der Waals surface area contributed by atoms with Crippen molar-refractivity contribution in [3.63, 3.8) is 0 Å². The summed E-state index contributed by atoms with van der Waals surface area (Å²) < 4.78 is 6.55. The summed E-state index contributed by atoms with van der Waals surface area (Å²) in [6, 6.07) is 8.10. The van der Waals surface area contributed by atoms with Crippen molar-refractivity contribution in [1.82, 2.24) is 0 Å². The Labute approximate surface area is 141 Å². The van der Waals surface area contributed by atoms with E-state index >= 15 is 0 Å². The molecule has 0 aliphatic heterocycles. The lowest BCUT2D eigenvalue weighted by molar-refractivity contribution is 0.151. The van der Waals surface area contributed by atoms with Crippen LogP contribution in [0.4, 0.5) is 0 Å². The van der Waals surface area contributed by atoms with Gasteiger partial charge in [-0.1, -0.05) is 56.2 Å². The summed E-state index contributed by atoms with van der Waals surface area (Å²) >= 11 is 6.06. The zero-order valence-corrected chi connectivity index (χ0v) is 16.3. The summed E-state index contributed by atoms with van der Waals surface area (Å²) in [6.45, 7) is 11.6. The molecule has 0 spiro atoms. The summed E-state index contributed by atoms with van der Waals surface area (Å²) in [5.74, 6) is 0. The highest BCUT2D eigenvalue weighted by Gasteiger charge is 2.39. The Morgan fingerprint density at radius 2 is 1.82 bits per heavy atom. The molecule has 1 nitrogen and oxygen atoms in total. The molecule has 0 amide bonds. The van der Waals surface area contributed by atoms with Gasteiger partial charge in [0.25, 0.3) is 0 Å². The topological polar surface area (TPSA) is 9.23 Å². The average Bonchev–Trinajstić information content (AvgIpc) is 2.39. The van der Waals surface area contributed by atoms with Gasteiger partial charge in [-0.05, 0) is 61.5 Å². The van der Waals surface area contributed by atoms with E-state index < -0.39 is 8.32 Å². The van der Waals surface area contributed by atoms with Gasteiger partial charge in [0.2, 0.25) is 0 Å². The first kappa shape index (κ1) is 17.8. The van der Waals surface area contributed by atoms with Crippen LogP contribution in [0.5, 0.6) is 0 Å². The predicted molar refractivity (Wildman–Crippen MR) is 100.0 cm³/mol. The molecule has 3 heteroatoms. The number of hydrogen-bond acceptors (Lipinski definition) is 1. The summed E-state index contributed by atoms with van der Waals surface area (Å²) in [7, 11) is -1.63. The first-order chi connectivity index (χ1) is 10.2. The molecule has 0 saturated heterocycles. The van der Waals surface area contributed by atoms with E-state index in [0.717, 1.165) is 30.7 Å². The van der Waals surface area contributed by atoms with Gasteiger partial charge in [-0.3, -0.25) is 0 Å². The fourth-order valence-electron chi connectivity index (χ4n) is 2.65. The van der Waals surface area contributed by atoms with Gasteiger partial charge in [-0.25, -0.2) is 0 Å². The monoisotopic (exact) mass is 336 g/mol. The predicted octanol–water partition coefficient (Wildman–Crippen LogP) is 6.69. The molecule has 1 aromatic carbocycles. The molecule has 122 valence electrons. The molecule has 0 aromatic heterocycles. The van der Waals surface area contributed by atoms with Crippen LogP contribution in [0.2, 0.25) is 23.2 Å². The number of hydrogen-bond donors (Lipinski definition) is 0. The summed E-state index contributed by atoms with van der Waals surface area (Å²) in [4.78, 5) is 0. The maximum atomic E-state index is 6.55. The third-order valence-corrected chi connectivity index (χ3v) is 9.83. The van der Waals surface area contributed by atoms with Crippen LogP contribution in [0, 0.1) is 0 Å². The Bertz CT molecular complexity index is 533. The van der Waals surface area contributed by atoms with E-state index in [9.17, 15) is 0 Å². The minimum Gasteiger partial charge on any atom is -0.414 e. The van der Waals surface area contributed by atoms with E-state index in [0.29, 0.717) is 11.1 Å². The third kappa shape index (κ3) is 4.71. The van der Waals surface area contributed by atoms with Gasteiger partial charge in [0, 0.05) is 11.1 Å². The van der Waals surface area contributed by atoms with Crippen molar-refractivity contribution in [2.24, 2.45) is 0 Å². The van der Waals surface area contributed by atoms with Crippen LogP contribution in [0.15, 0.2) is 29.8 Å². The van der Waals surface area contributed by atoms with Gasteiger partial charge in [0.15, 0.2) is 8.32 Å². The Hall–Kier alpha value is -0.573. The Balaban J connectivity index is 1.93. The lowest BCUT2D eigenvalue weighted by atomic mass is 9.91. The van der Waals surface area contributed by atoms with Crippen molar-refractivity contribution in [1.29, 1.82) is 0 Å². The SMILES string of the molecule is CC(C)(C)[Si](C)(C)OC1CCC(=Cc2cccc(Cl)c2)CC1. The largest absolute Gasteiger partial charge is 0.414 e. The molecule has 0 radical (unpaired) electrons. The molecule has 1 aliphatic carbocycles. The first-order valence-corrected chi connectivity index (χ1v) is 11.6. The molecule has 0 heterocycles. The van der Waals surface area contributed by atoms with E-state index in [2.05, 4.69) is 46.0 Å². The van der Waals surface area contributed by atoms with Crippen molar-refractivity contribution < 1.29 is 4.43 Å². The van der Waals surface area contributed by atoms with Gasteiger partial charge in [-0.15, -0.1) is 0 Å². The zero-order valence-electron chi connectivity index (χ0n) is 14.6. The number of benzene rings is 1. The standard InChI is InChI=1S/C19H29ClOSi/c1-19(2,3)22(4,5)21-18-11-9-15(10-12-18)13-16-7-6-8-17(20)14-16/h6-8,13-14,18H,9-12H2,1-5H3. The molecular formula is C19H29ClOSi. The summed E-state index contributed by atoms with van der Waals surface area (Å²) in [5, 5.41) is 1.11. The zero-order chi connectivity index (χ0) is 16.4. The van der Waals surface area contributed by atoms with Crippen LogP contribution >= 0.6 is 11.6 Å². The van der Waals surface area contributed by atoms with E-state index in [1.54, 1.807) is 0 Å². The summed E-state index contributed by atoms with van der Waals surface area (Å²) in [6.07, 6.45) is 7.33. The van der Waals surface area contributed by atoms with Crippen molar-refractivity contribution in [2.75, 3.05) is 0 Å². The normalized spacial score (nSPS) is 20.1. The van der Waals surface area contributed by atoms with Gasteiger partial charge in [0.05, 0.1) is 0 Å². The van der Waals surface area contributed by atoms with Crippen LogP contribution in [0.3, 0.4) is 0 Å². The lowest BCUT2D eigenvalue weighted by Crippen LogP contribution is -2.44. The fraction of sp³-hybridized carbons (Fsp3) is 0.579. The molecule has 0 N–H and O–H groups in total. The Kier molecular flexibility index (Phi) is 5.57. The fourth-order valence-corrected chi connectivity index (χ4v) is 4.27. The third-order valence-electron chi connectivity index (χ3n) is 5.06. The van der Waals surface area contributed by atoms with Crippen LogP contribution in [-0.4, -0.2) is 14.4 Å². The van der Waals surface area contributed by atoms with Crippen molar-refractivity contribution >= 4 is 26.0 Å². The molecule has 1 aliphatic rings. The van der Waals surface area contributed by atoms with Crippen molar-refractivity contribution in [2.45, 2.75) is 70.7 Å². The van der Waals surface area contributed by atoms with E-state index in [1.807, 2.05) is 18.2 Å². The van der Waals surface area contributed by atoms with Crippen LogP contribution in [0.25, 0.3) is 6.08 Å². The maximum Gasteiger partial charge on any atom is 0.192 e. The second-order valence-corrected chi connectivity index (χ2v) is 13.1. The van der Waals surface area contributed by atoms with E-state index in [-0.39, 0.29) is 0 Å². The molecule has 1 saturated carbocycles. The lowest BCUT2D eigenvalue weighted by Gasteiger charge is -2.40. The second-order valence-electron chi connectivity index (χ2n) is 7.94. The number of allylic oxidation sites excluding steroid dienone is 1. The smallest absolute Gasteiger partial charge is 0.192 e. The highest BCUT2D eigenvalue weighted by atomic mass is 35.5. The highest BCUT2D eigenvalue weighted by Crippen LogP contribution is 2.39. The maximum absolute atomic E-state index is 6.55. The molecular weight excluding hydrogens is 308 g/mol. The molecule has 0 bridgehead atoms. The minimum atomic E-state index is -1.63. The molecule has 0 atom stereocenters. The molecule has 0 unspecified atom stereocenters. The van der Waals surface area contributed by atoms with Crippen molar-refractivity contribution in [3.05, 3.63) is 40.4 Å². The quantitative estimate of drug-likeness (QED) is 0.559. The first-order valence-electron chi connectivity index (χ1n) is 8.30. The average molecular weight is 337 g/mol. The molecule has 22 heavy (non-hydrogen) atoms. The van der Waals surface area contributed by atoms with Crippen LogP contribution < -0.4 is 0 Å².